The molecule has 1 saturated heterocycles. The van der Waals surface area contributed by atoms with Crippen molar-refractivity contribution in [3.05, 3.63) is 41.4 Å². The standard InChI is InChI=1S/C17H22N4O3/c1-11-6-14(24-20-11)7-13-9-23-10-15(13)19-17(22)12-4-5-16(18-8-12)21(2)3/h4-6,8,13,15H,7,9-10H2,1-3H3,(H,19,22)/t13-,15+/m1/s1. The van der Waals surface area contributed by atoms with Crippen LogP contribution >= 0.6 is 0 Å². The fraction of sp³-hybridized carbons (Fsp3) is 0.471. The number of ether oxygens (including phenoxy) is 1. The van der Waals surface area contributed by atoms with E-state index >= 15 is 0 Å². The van der Waals surface area contributed by atoms with Crippen LogP contribution < -0.4 is 10.2 Å². The maximum Gasteiger partial charge on any atom is 0.253 e. The van der Waals surface area contributed by atoms with Gasteiger partial charge in [0.25, 0.3) is 5.91 Å². The van der Waals surface area contributed by atoms with Gasteiger partial charge in [-0.3, -0.25) is 4.79 Å². The normalized spacial score (nSPS) is 20.1. The molecule has 0 aliphatic carbocycles. The van der Waals surface area contributed by atoms with Gasteiger partial charge >= 0.3 is 0 Å². The molecule has 1 aliphatic rings. The largest absolute Gasteiger partial charge is 0.379 e. The first-order chi connectivity index (χ1) is 11.5. The van der Waals surface area contributed by atoms with Gasteiger partial charge in [-0.1, -0.05) is 5.16 Å². The fourth-order valence-electron chi connectivity index (χ4n) is 2.77. The van der Waals surface area contributed by atoms with E-state index in [0.717, 1.165) is 17.3 Å². The van der Waals surface area contributed by atoms with Gasteiger partial charge in [0.1, 0.15) is 11.6 Å². The Morgan fingerprint density at radius 2 is 2.21 bits per heavy atom. The van der Waals surface area contributed by atoms with E-state index in [1.165, 1.54) is 0 Å². The van der Waals surface area contributed by atoms with E-state index in [1.807, 2.05) is 38.1 Å². The molecule has 2 aromatic rings. The van der Waals surface area contributed by atoms with Crippen molar-refractivity contribution < 1.29 is 14.1 Å². The Labute approximate surface area is 141 Å². The zero-order valence-corrected chi connectivity index (χ0v) is 14.2. The third-order valence-electron chi connectivity index (χ3n) is 4.12. The van der Waals surface area contributed by atoms with Crippen LogP contribution in [0.4, 0.5) is 5.82 Å². The molecule has 1 fully saturated rings. The number of nitrogens with zero attached hydrogens (tertiary/aromatic N) is 3. The lowest BCUT2D eigenvalue weighted by Crippen LogP contribution is -2.40. The summed E-state index contributed by atoms with van der Waals surface area (Å²) < 4.78 is 10.8. The van der Waals surface area contributed by atoms with Crippen molar-refractivity contribution in [2.75, 3.05) is 32.2 Å². The molecule has 2 atom stereocenters. The molecule has 0 spiro atoms. The SMILES string of the molecule is Cc1cc(C[C@@H]2COC[C@@H]2NC(=O)c2ccc(N(C)C)nc2)on1. The molecule has 7 nitrogen and oxygen atoms in total. The summed E-state index contributed by atoms with van der Waals surface area (Å²) in [5.74, 6) is 1.67. The second-order valence-corrected chi connectivity index (χ2v) is 6.32. The van der Waals surface area contributed by atoms with Crippen molar-refractivity contribution >= 4 is 11.7 Å². The topological polar surface area (TPSA) is 80.5 Å². The zero-order valence-electron chi connectivity index (χ0n) is 14.2. The van der Waals surface area contributed by atoms with E-state index in [1.54, 1.807) is 12.3 Å². The van der Waals surface area contributed by atoms with Crippen molar-refractivity contribution in [1.82, 2.24) is 15.5 Å². The van der Waals surface area contributed by atoms with E-state index in [-0.39, 0.29) is 17.9 Å². The first-order valence-corrected chi connectivity index (χ1v) is 7.97. The predicted molar refractivity (Wildman–Crippen MR) is 89.1 cm³/mol. The Bertz CT molecular complexity index is 696. The van der Waals surface area contributed by atoms with Gasteiger partial charge in [-0.05, 0) is 19.1 Å². The van der Waals surface area contributed by atoms with Crippen molar-refractivity contribution in [2.24, 2.45) is 5.92 Å². The molecular formula is C17H22N4O3. The van der Waals surface area contributed by atoms with E-state index in [9.17, 15) is 4.79 Å². The highest BCUT2D eigenvalue weighted by atomic mass is 16.5. The van der Waals surface area contributed by atoms with Crippen LogP contribution in [0.15, 0.2) is 28.9 Å². The average molecular weight is 330 g/mol. The Hall–Kier alpha value is -2.41. The Morgan fingerprint density at radius 3 is 2.83 bits per heavy atom. The molecule has 0 radical (unpaired) electrons. The molecular weight excluding hydrogens is 308 g/mol. The van der Waals surface area contributed by atoms with E-state index in [0.29, 0.717) is 25.2 Å². The van der Waals surface area contributed by atoms with Gasteiger partial charge < -0.3 is 19.5 Å². The summed E-state index contributed by atoms with van der Waals surface area (Å²) in [6.45, 7) is 3.00. The number of carbonyl (C=O) groups is 1. The van der Waals surface area contributed by atoms with Crippen molar-refractivity contribution in [3.63, 3.8) is 0 Å². The molecule has 0 bridgehead atoms. The number of nitrogens with one attached hydrogen (secondary N) is 1. The maximum absolute atomic E-state index is 12.4. The number of aromatic nitrogens is 2. The minimum atomic E-state index is -0.137. The number of anilines is 1. The van der Waals surface area contributed by atoms with Gasteiger partial charge in [-0.2, -0.15) is 0 Å². The van der Waals surface area contributed by atoms with Crippen molar-refractivity contribution in [2.45, 2.75) is 19.4 Å². The molecule has 3 rings (SSSR count). The second kappa shape index (κ2) is 7.00. The molecule has 1 aliphatic heterocycles. The number of rotatable bonds is 5. The molecule has 24 heavy (non-hydrogen) atoms. The molecule has 1 N–H and O–H groups in total. The highest BCUT2D eigenvalue weighted by molar-refractivity contribution is 5.94. The molecule has 0 unspecified atom stereocenters. The summed E-state index contributed by atoms with van der Waals surface area (Å²) in [5.41, 5.74) is 1.40. The molecule has 3 heterocycles. The van der Waals surface area contributed by atoms with Gasteiger partial charge in [0.2, 0.25) is 0 Å². The number of carbonyl (C=O) groups excluding carboxylic acids is 1. The Balaban J connectivity index is 1.62. The minimum Gasteiger partial charge on any atom is -0.379 e. The minimum absolute atomic E-state index is 0.0450. The summed E-state index contributed by atoms with van der Waals surface area (Å²) in [5, 5.41) is 6.94. The van der Waals surface area contributed by atoms with Crippen LogP contribution in [0.2, 0.25) is 0 Å². The van der Waals surface area contributed by atoms with Crippen LogP contribution in [0.25, 0.3) is 0 Å². The van der Waals surface area contributed by atoms with Crippen LogP contribution in [-0.2, 0) is 11.2 Å². The number of hydrogen-bond donors (Lipinski definition) is 1. The molecule has 1 amide bonds. The van der Waals surface area contributed by atoms with Crippen LogP contribution in [-0.4, -0.2) is 49.4 Å². The lowest BCUT2D eigenvalue weighted by atomic mass is 9.98. The number of pyridine rings is 1. The molecule has 2 aromatic heterocycles. The predicted octanol–water partition coefficient (Wildman–Crippen LogP) is 1.43. The third-order valence-corrected chi connectivity index (χ3v) is 4.12. The monoisotopic (exact) mass is 330 g/mol. The Morgan fingerprint density at radius 1 is 1.38 bits per heavy atom. The summed E-state index contributed by atoms with van der Waals surface area (Å²) in [6, 6.07) is 5.48. The first-order valence-electron chi connectivity index (χ1n) is 7.97. The first kappa shape index (κ1) is 16.4. The smallest absolute Gasteiger partial charge is 0.253 e. The number of aryl methyl sites for hydroxylation is 1. The second-order valence-electron chi connectivity index (χ2n) is 6.32. The van der Waals surface area contributed by atoms with Gasteiger partial charge in [0, 0.05) is 38.7 Å². The summed E-state index contributed by atoms with van der Waals surface area (Å²) in [7, 11) is 3.82. The summed E-state index contributed by atoms with van der Waals surface area (Å²) >= 11 is 0. The molecule has 7 heteroatoms. The summed E-state index contributed by atoms with van der Waals surface area (Å²) in [4.78, 5) is 18.6. The van der Waals surface area contributed by atoms with Crippen LogP contribution in [0.3, 0.4) is 0 Å². The van der Waals surface area contributed by atoms with E-state index in [4.69, 9.17) is 9.26 Å². The van der Waals surface area contributed by atoms with Gasteiger partial charge in [0.15, 0.2) is 0 Å². The van der Waals surface area contributed by atoms with Gasteiger partial charge in [-0.25, -0.2) is 4.98 Å². The Kier molecular flexibility index (Phi) is 4.80. The highest BCUT2D eigenvalue weighted by Gasteiger charge is 2.31. The van der Waals surface area contributed by atoms with Gasteiger partial charge in [-0.15, -0.1) is 0 Å². The lowest BCUT2D eigenvalue weighted by molar-refractivity contribution is 0.0924. The van der Waals surface area contributed by atoms with E-state index in [2.05, 4.69) is 15.5 Å². The quantitative estimate of drug-likeness (QED) is 0.893. The van der Waals surface area contributed by atoms with Gasteiger partial charge in [0.05, 0.1) is 30.5 Å². The van der Waals surface area contributed by atoms with E-state index < -0.39 is 0 Å². The number of hydrogen-bond acceptors (Lipinski definition) is 6. The molecule has 128 valence electrons. The van der Waals surface area contributed by atoms with Crippen molar-refractivity contribution in [1.29, 1.82) is 0 Å². The zero-order chi connectivity index (χ0) is 17.1. The maximum atomic E-state index is 12.4. The molecule has 0 saturated carbocycles. The number of amides is 1. The summed E-state index contributed by atoms with van der Waals surface area (Å²) in [6.07, 6.45) is 2.29. The van der Waals surface area contributed by atoms with Crippen LogP contribution in [0.1, 0.15) is 21.8 Å². The third kappa shape index (κ3) is 3.73. The van der Waals surface area contributed by atoms with Crippen LogP contribution in [0.5, 0.6) is 0 Å². The lowest BCUT2D eigenvalue weighted by Gasteiger charge is -2.18. The average Bonchev–Trinajstić information content (AvgIpc) is 3.17. The highest BCUT2D eigenvalue weighted by Crippen LogP contribution is 2.20. The molecule has 0 aromatic carbocycles. The van der Waals surface area contributed by atoms with Crippen LogP contribution in [0, 0.1) is 12.8 Å². The fourth-order valence-corrected chi connectivity index (χ4v) is 2.77. The van der Waals surface area contributed by atoms with Crippen molar-refractivity contribution in [3.8, 4) is 0 Å².